The van der Waals surface area contributed by atoms with Crippen molar-refractivity contribution in [2.45, 2.75) is 12.5 Å². The summed E-state index contributed by atoms with van der Waals surface area (Å²) in [5.74, 6) is 2.40. The Kier molecular flexibility index (Phi) is 4.16. The molecule has 0 aliphatic carbocycles. The molecule has 1 unspecified atom stereocenters. The first-order valence-corrected chi connectivity index (χ1v) is 5.36. The molecule has 86 valence electrons. The number of carbonyl (C=O) groups is 1. The molecule has 0 saturated carbocycles. The van der Waals surface area contributed by atoms with E-state index in [2.05, 4.69) is 27.2 Å². The van der Waals surface area contributed by atoms with Crippen molar-refractivity contribution < 1.29 is 13.9 Å². The van der Waals surface area contributed by atoms with Crippen molar-refractivity contribution in [1.82, 2.24) is 5.32 Å². The van der Waals surface area contributed by atoms with E-state index < -0.39 is 11.5 Å². The SMILES string of the molecule is C#CCNC(C)(C(=O)OC)c1ccc(Br)o1. The normalized spacial score (nSPS) is 13.9. The Labute approximate surface area is 102 Å². The molecule has 1 N–H and O–H groups in total. The third-order valence-electron chi connectivity index (χ3n) is 2.20. The van der Waals surface area contributed by atoms with Gasteiger partial charge in [-0.3, -0.25) is 5.32 Å². The average molecular weight is 286 g/mol. The van der Waals surface area contributed by atoms with E-state index in [9.17, 15) is 4.79 Å². The maximum absolute atomic E-state index is 11.7. The molecular formula is C11H12BrNO3. The third kappa shape index (κ3) is 2.46. The average Bonchev–Trinajstić information content (AvgIpc) is 2.72. The molecule has 0 radical (unpaired) electrons. The molecule has 0 bridgehead atoms. The number of furan rings is 1. The van der Waals surface area contributed by atoms with Gasteiger partial charge in [0.15, 0.2) is 10.2 Å². The van der Waals surface area contributed by atoms with Crippen molar-refractivity contribution in [3.8, 4) is 12.3 Å². The summed E-state index contributed by atoms with van der Waals surface area (Å²) in [6.45, 7) is 1.89. The van der Waals surface area contributed by atoms with Gasteiger partial charge in [0.05, 0.1) is 13.7 Å². The zero-order chi connectivity index (χ0) is 12.2. The van der Waals surface area contributed by atoms with Gasteiger partial charge in [-0.05, 0) is 35.0 Å². The molecule has 1 heterocycles. The lowest BCUT2D eigenvalue weighted by molar-refractivity contribution is -0.149. The summed E-state index contributed by atoms with van der Waals surface area (Å²) in [7, 11) is 1.32. The Hall–Kier alpha value is -1.25. The minimum Gasteiger partial charge on any atom is -0.467 e. The number of carbonyl (C=O) groups excluding carboxylic acids is 1. The summed E-state index contributed by atoms with van der Waals surface area (Å²) in [4.78, 5) is 11.7. The van der Waals surface area contributed by atoms with Gasteiger partial charge in [0, 0.05) is 0 Å². The standard InChI is InChI=1S/C11H12BrNO3/c1-4-7-13-11(2,10(14)15-3)8-5-6-9(12)16-8/h1,5-6,13H,7H2,2-3H3. The molecule has 0 aromatic carbocycles. The summed E-state index contributed by atoms with van der Waals surface area (Å²) in [5.41, 5.74) is -1.08. The zero-order valence-corrected chi connectivity index (χ0v) is 10.6. The Morgan fingerprint density at radius 2 is 2.44 bits per heavy atom. The van der Waals surface area contributed by atoms with Crippen molar-refractivity contribution in [1.29, 1.82) is 0 Å². The summed E-state index contributed by atoms with van der Waals surface area (Å²) in [6.07, 6.45) is 5.16. The maximum atomic E-state index is 11.7. The van der Waals surface area contributed by atoms with Crippen molar-refractivity contribution >= 4 is 21.9 Å². The molecule has 4 nitrogen and oxygen atoms in total. The number of esters is 1. The first kappa shape index (κ1) is 12.8. The first-order chi connectivity index (χ1) is 7.54. The largest absolute Gasteiger partial charge is 0.467 e. The molecule has 1 aromatic rings. The van der Waals surface area contributed by atoms with Crippen molar-refractivity contribution in [3.05, 3.63) is 22.6 Å². The fourth-order valence-electron chi connectivity index (χ4n) is 1.27. The number of terminal acetylenes is 1. The van der Waals surface area contributed by atoms with Gasteiger partial charge in [0.1, 0.15) is 5.76 Å². The lowest BCUT2D eigenvalue weighted by Gasteiger charge is -2.24. The smallest absolute Gasteiger partial charge is 0.333 e. The molecule has 0 aliphatic rings. The van der Waals surface area contributed by atoms with Gasteiger partial charge in [0.25, 0.3) is 0 Å². The predicted octanol–water partition coefficient (Wildman–Crippen LogP) is 1.65. The summed E-state index contributed by atoms with van der Waals surface area (Å²) < 4.78 is 10.6. The fraction of sp³-hybridized carbons (Fsp3) is 0.364. The molecule has 0 spiro atoms. The molecule has 0 saturated heterocycles. The molecule has 0 fully saturated rings. The predicted molar refractivity (Wildman–Crippen MR) is 62.6 cm³/mol. The van der Waals surface area contributed by atoms with Crippen LogP contribution in [0.2, 0.25) is 0 Å². The monoisotopic (exact) mass is 285 g/mol. The van der Waals surface area contributed by atoms with E-state index in [1.54, 1.807) is 19.1 Å². The molecule has 0 aliphatic heterocycles. The Morgan fingerprint density at radius 1 is 1.75 bits per heavy atom. The van der Waals surface area contributed by atoms with E-state index in [1.807, 2.05) is 0 Å². The lowest BCUT2D eigenvalue weighted by atomic mass is 9.99. The summed E-state index contributed by atoms with van der Waals surface area (Å²) in [6, 6.07) is 3.39. The van der Waals surface area contributed by atoms with Gasteiger partial charge in [-0.15, -0.1) is 6.42 Å². The number of ether oxygens (including phenoxy) is 1. The van der Waals surface area contributed by atoms with Gasteiger partial charge in [-0.2, -0.15) is 0 Å². The lowest BCUT2D eigenvalue weighted by Crippen LogP contribution is -2.47. The maximum Gasteiger partial charge on any atom is 0.333 e. The van der Waals surface area contributed by atoms with E-state index in [-0.39, 0.29) is 6.54 Å². The molecular weight excluding hydrogens is 274 g/mol. The number of halogens is 1. The van der Waals surface area contributed by atoms with Gasteiger partial charge in [-0.25, -0.2) is 4.79 Å². The van der Waals surface area contributed by atoms with Crippen LogP contribution in [0.3, 0.4) is 0 Å². The van der Waals surface area contributed by atoms with Gasteiger partial charge >= 0.3 is 5.97 Å². The van der Waals surface area contributed by atoms with Crippen LogP contribution in [-0.4, -0.2) is 19.6 Å². The van der Waals surface area contributed by atoms with Crippen LogP contribution < -0.4 is 5.32 Å². The third-order valence-corrected chi connectivity index (χ3v) is 2.63. The van der Waals surface area contributed by atoms with E-state index in [1.165, 1.54) is 7.11 Å². The minimum absolute atomic E-state index is 0.240. The second-order valence-corrected chi connectivity index (χ2v) is 4.06. The van der Waals surface area contributed by atoms with Crippen molar-refractivity contribution in [2.24, 2.45) is 0 Å². The van der Waals surface area contributed by atoms with Gasteiger partial charge < -0.3 is 9.15 Å². The van der Waals surface area contributed by atoms with E-state index in [0.717, 1.165) is 0 Å². The van der Waals surface area contributed by atoms with Gasteiger partial charge in [0.2, 0.25) is 0 Å². The topological polar surface area (TPSA) is 51.5 Å². The van der Waals surface area contributed by atoms with Crippen LogP contribution in [0.5, 0.6) is 0 Å². The fourth-order valence-corrected chi connectivity index (χ4v) is 1.58. The second kappa shape index (κ2) is 5.19. The zero-order valence-electron chi connectivity index (χ0n) is 9.04. The Bertz CT molecular complexity index is 421. The molecule has 5 heteroatoms. The van der Waals surface area contributed by atoms with E-state index in [4.69, 9.17) is 15.6 Å². The van der Waals surface area contributed by atoms with Crippen LogP contribution in [0.15, 0.2) is 21.2 Å². The molecule has 16 heavy (non-hydrogen) atoms. The summed E-state index contributed by atoms with van der Waals surface area (Å²) >= 11 is 3.18. The molecule has 1 atom stereocenters. The number of rotatable bonds is 4. The summed E-state index contributed by atoms with van der Waals surface area (Å²) in [5, 5.41) is 2.90. The number of hydrogen-bond acceptors (Lipinski definition) is 4. The van der Waals surface area contributed by atoms with Gasteiger partial charge in [-0.1, -0.05) is 5.92 Å². The van der Waals surface area contributed by atoms with Crippen LogP contribution in [0.25, 0.3) is 0 Å². The van der Waals surface area contributed by atoms with E-state index >= 15 is 0 Å². The highest BCUT2D eigenvalue weighted by Gasteiger charge is 2.38. The van der Waals surface area contributed by atoms with Crippen molar-refractivity contribution in [2.75, 3.05) is 13.7 Å². The highest BCUT2D eigenvalue weighted by Crippen LogP contribution is 2.26. The molecule has 1 aromatic heterocycles. The minimum atomic E-state index is -1.08. The molecule has 1 rings (SSSR count). The van der Waals surface area contributed by atoms with Crippen LogP contribution in [0, 0.1) is 12.3 Å². The van der Waals surface area contributed by atoms with Crippen LogP contribution >= 0.6 is 15.9 Å². The highest BCUT2D eigenvalue weighted by molar-refractivity contribution is 9.10. The number of hydrogen-bond donors (Lipinski definition) is 1. The Balaban J connectivity index is 3.04. The first-order valence-electron chi connectivity index (χ1n) is 4.57. The molecule has 0 amide bonds. The number of nitrogens with one attached hydrogen (secondary N) is 1. The Morgan fingerprint density at radius 3 is 2.88 bits per heavy atom. The quantitative estimate of drug-likeness (QED) is 0.675. The van der Waals surface area contributed by atoms with E-state index in [0.29, 0.717) is 10.4 Å². The highest BCUT2D eigenvalue weighted by atomic mass is 79.9. The second-order valence-electron chi connectivity index (χ2n) is 3.28. The van der Waals surface area contributed by atoms with Crippen LogP contribution in [0.1, 0.15) is 12.7 Å². The number of methoxy groups -OCH3 is 1. The van der Waals surface area contributed by atoms with Crippen LogP contribution in [0.4, 0.5) is 0 Å². The van der Waals surface area contributed by atoms with Crippen LogP contribution in [-0.2, 0) is 15.1 Å². The van der Waals surface area contributed by atoms with Crippen molar-refractivity contribution in [3.63, 3.8) is 0 Å².